The summed E-state index contributed by atoms with van der Waals surface area (Å²) in [4.78, 5) is 19.7. The van der Waals surface area contributed by atoms with Crippen molar-refractivity contribution in [1.82, 2.24) is 15.1 Å². The highest BCUT2D eigenvalue weighted by molar-refractivity contribution is 5.88. The van der Waals surface area contributed by atoms with Gasteiger partial charge in [-0.05, 0) is 88.1 Å². The molecule has 0 N–H and O–H groups in total. The molecule has 3 aliphatic carbocycles. The molecule has 1 aromatic carbocycles. The molecule has 1 spiro atoms. The molecule has 47 heavy (non-hydrogen) atoms. The van der Waals surface area contributed by atoms with Gasteiger partial charge in [0.1, 0.15) is 17.2 Å². The average Bonchev–Trinajstić information content (AvgIpc) is 3.76. The van der Waals surface area contributed by atoms with Gasteiger partial charge in [0.05, 0.1) is 18.7 Å². The summed E-state index contributed by atoms with van der Waals surface area (Å²) in [7, 11) is 1.31. The molecule has 0 bridgehead atoms. The van der Waals surface area contributed by atoms with Gasteiger partial charge < -0.3 is 18.9 Å². The predicted octanol–water partition coefficient (Wildman–Crippen LogP) is 8.14. The van der Waals surface area contributed by atoms with Gasteiger partial charge in [-0.1, -0.05) is 17.3 Å². The molecule has 0 atom stereocenters. The number of pyridine rings is 2. The summed E-state index contributed by atoms with van der Waals surface area (Å²) in [5, 5.41) is 5.19. The van der Waals surface area contributed by atoms with E-state index in [2.05, 4.69) is 50.1 Å². The second kappa shape index (κ2) is 12.3. The van der Waals surface area contributed by atoms with Crippen LogP contribution in [0.1, 0.15) is 73.6 Å². The summed E-state index contributed by atoms with van der Waals surface area (Å²) in [5.74, 6) is 2.22. The Balaban J connectivity index is 0.000000833. The molecule has 0 unspecified atom stereocenters. The minimum Gasteiger partial charge on any atom is -0.490 e. The quantitative estimate of drug-likeness (QED) is 0.177. The van der Waals surface area contributed by atoms with Crippen molar-refractivity contribution in [2.75, 3.05) is 25.1 Å². The van der Waals surface area contributed by atoms with Crippen molar-refractivity contribution in [2.45, 2.75) is 70.1 Å². The van der Waals surface area contributed by atoms with Crippen molar-refractivity contribution in [3.05, 3.63) is 71.4 Å². The van der Waals surface area contributed by atoms with Crippen LogP contribution in [-0.2, 0) is 15.7 Å². The Morgan fingerprint density at radius 2 is 1.85 bits per heavy atom. The first kappa shape index (κ1) is 31.2. The molecule has 0 amide bonds. The number of hydrogen-bond acceptors (Lipinski definition) is 8. The number of allylic oxidation sites excluding steroid dienone is 1. The van der Waals surface area contributed by atoms with Gasteiger partial charge in [-0.3, -0.25) is 14.8 Å². The molecule has 4 aliphatic rings. The van der Waals surface area contributed by atoms with Gasteiger partial charge in [-0.15, -0.1) is 0 Å². The first-order valence-corrected chi connectivity index (χ1v) is 16.2. The number of fused-ring (bicyclic) bond motifs is 1. The molecule has 3 saturated carbocycles. The highest BCUT2D eigenvalue weighted by Crippen LogP contribution is 2.54. The lowest BCUT2D eigenvalue weighted by Gasteiger charge is -2.59. The number of rotatable bonds is 8. The lowest BCUT2D eigenvalue weighted by Crippen LogP contribution is -2.62. The average molecular weight is 647 g/mol. The monoisotopic (exact) mass is 646 g/mol. The van der Waals surface area contributed by atoms with Gasteiger partial charge in [-0.2, -0.15) is 13.2 Å². The number of carbonyl (C=O) groups is 1. The van der Waals surface area contributed by atoms with Crippen molar-refractivity contribution in [2.24, 2.45) is 11.3 Å². The Bertz CT molecular complexity index is 1800. The number of benzene rings is 1. The van der Waals surface area contributed by atoms with E-state index in [4.69, 9.17) is 19.0 Å². The molecule has 1 saturated heterocycles. The summed E-state index contributed by atoms with van der Waals surface area (Å²) in [5.41, 5.74) is 3.34. The summed E-state index contributed by atoms with van der Waals surface area (Å²) < 4.78 is 57.0. The first-order chi connectivity index (χ1) is 22.7. The zero-order valence-corrected chi connectivity index (χ0v) is 26.4. The number of methoxy groups -OCH3 is 1. The Kier molecular flexibility index (Phi) is 8.18. The normalized spacial score (nSPS) is 19.1. The van der Waals surface area contributed by atoms with E-state index in [1.165, 1.54) is 31.4 Å². The molecule has 3 aromatic heterocycles. The van der Waals surface area contributed by atoms with E-state index in [1.807, 2.05) is 13.0 Å². The largest absolute Gasteiger partial charge is 0.490 e. The number of nitrogens with zero attached hydrogens (tertiary/aromatic N) is 4. The van der Waals surface area contributed by atoms with E-state index < -0.39 is 11.9 Å². The summed E-state index contributed by atoms with van der Waals surface area (Å²) >= 11 is 0. The van der Waals surface area contributed by atoms with Gasteiger partial charge in [0.15, 0.2) is 5.69 Å². The van der Waals surface area contributed by atoms with E-state index in [1.54, 1.807) is 0 Å². The highest BCUT2D eigenvalue weighted by atomic mass is 19.4. The molecule has 246 valence electrons. The predicted molar refractivity (Wildman–Crippen MR) is 171 cm³/mol. The first-order valence-electron chi connectivity index (χ1n) is 16.2. The molecule has 4 aromatic rings. The third-order valence-electron chi connectivity index (χ3n) is 9.70. The van der Waals surface area contributed by atoms with Crippen LogP contribution in [-0.4, -0.2) is 47.9 Å². The van der Waals surface area contributed by atoms with Crippen LogP contribution in [0.5, 0.6) is 5.75 Å². The number of anilines is 1. The molecular formula is C36H37F3N4O4. The molecule has 8 rings (SSSR count). The molecule has 4 fully saturated rings. The third kappa shape index (κ3) is 6.32. The van der Waals surface area contributed by atoms with Crippen LogP contribution in [0.4, 0.5) is 18.9 Å². The van der Waals surface area contributed by atoms with E-state index in [9.17, 15) is 13.2 Å². The van der Waals surface area contributed by atoms with Crippen LogP contribution in [0, 0.1) is 18.3 Å². The maximum absolute atomic E-state index is 13.7. The maximum atomic E-state index is 13.7. The Hall–Kier alpha value is -4.41. The number of ether oxygens (including phenoxy) is 2. The number of hydrogen-bond donors (Lipinski definition) is 0. The van der Waals surface area contributed by atoms with E-state index in [0.717, 1.165) is 80.2 Å². The fourth-order valence-electron chi connectivity index (χ4n) is 7.02. The highest BCUT2D eigenvalue weighted by Gasteiger charge is 2.51. The van der Waals surface area contributed by atoms with Crippen molar-refractivity contribution in [3.63, 3.8) is 0 Å². The second-order valence-corrected chi connectivity index (χ2v) is 13.3. The smallest absolute Gasteiger partial charge is 0.434 e. The molecule has 11 heteroatoms. The fourth-order valence-corrected chi connectivity index (χ4v) is 7.02. The van der Waals surface area contributed by atoms with Crippen LogP contribution in [0.25, 0.3) is 28.2 Å². The molecule has 8 nitrogen and oxygen atoms in total. The number of halogens is 3. The second-order valence-electron chi connectivity index (χ2n) is 13.3. The summed E-state index contributed by atoms with van der Waals surface area (Å²) in [6.45, 7) is 4.38. The zero-order valence-electron chi connectivity index (χ0n) is 26.4. The zero-order chi connectivity index (χ0) is 32.8. The standard InChI is InChI=1S/C34H33F3N4O2.C2H4O2/c1-20-14-29(42-24-4-2-5-24)27-15-23(10-12-28(27)39-20)41-18-33(19-41)16-21(17-33)7-11-25-30(40-43-31(25)22-8-9-22)26-6-3-13-38-32(26)34(35,36)37;1-4-2-3/h3,6-7,10-15,21-22,24H,2,4-5,8-9,16-19H2,1H3;2H,1H3/b11-7+;. The van der Waals surface area contributed by atoms with Crippen molar-refractivity contribution in [1.29, 1.82) is 0 Å². The molecule has 1 aliphatic heterocycles. The lowest BCUT2D eigenvalue weighted by atomic mass is 9.57. The third-order valence-corrected chi connectivity index (χ3v) is 9.70. The maximum Gasteiger partial charge on any atom is 0.434 e. The van der Waals surface area contributed by atoms with E-state index >= 15 is 0 Å². The number of carbonyl (C=O) groups excluding carboxylic acids is 1. The van der Waals surface area contributed by atoms with Gasteiger partial charge in [-0.25, -0.2) is 0 Å². The summed E-state index contributed by atoms with van der Waals surface area (Å²) in [6.07, 6.45) is 8.52. The lowest BCUT2D eigenvalue weighted by molar-refractivity contribution is -0.140. The van der Waals surface area contributed by atoms with Crippen LogP contribution in [0.2, 0.25) is 0 Å². The Morgan fingerprint density at radius 1 is 1.09 bits per heavy atom. The van der Waals surface area contributed by atoms with Crippen LogP contribution in [0.15, 0.2) is 53.2 Å². The van der Waals surface area contributed by atoms with Gasteiger partial charge in [0.25, 0.3) is 6.47 Å². The van der Waals surface area contributed by atoms with E-state index in [-0.39, 0.29) is 22.6 Å². The van der Waals surface area contributed by atoms with Crippen LogP contribution >= 0.6 is 0 Å². The molecule has 4 heterocycles. The topological polar surface area (TPSA) is 90.6 Å². The van der Waals surface area contributed by atoms with Crippen molar-refractivity contribution < 1.29 is 32.0 Å². The van der Waals surface area contributed by atoms with Gasteiger partial charge >= 0.3 is 6.18 Å². The van der Waals surface area contributed by atoms with Crippen molar-refractivity contribution in [3.8, 4) is 17.0 Å². The number of aryl methyl sites for hydroxylation is 1. The Morgan fingerprint density at radius 3 is 2.51 bits per heavy atom. The van der Waals surface area contributed by atoms with Crippen LogP contribution < -0.4 is 9.64 Å². The van der Waals surface area contributed by atoms with Crippen LogP contribution in [0.3, 0.4) is 0 Å². The minimum atomic E-state index is -4.57. The number of aromatic nitrogens is 3. The summed E-state index contributed by atoms with van der Waals surface area (Å²) in [6, 6.07) is 11.5. The number of alkyl halides is 3. The van der Waals surface area contributed by atoms with Gasteiger partial charge in [0.2, 0.25) is 0 Å². The SMILES string of the molecule is COC=O.Cc1cc(OC2CCC2)c2cc(N3CC4(CC(/C=C/c5c(-c6cccnc6C(F)(F)F)noc5C5CC5)C4)C3)ccc2n1. The fraction of sp³-hybridized carbons (Fsp3) is 0.444. The molecular weight excluding hydrogens is 609 g/mol. The minimum absolute atomic E-state index is 0.0352. The Labute approximate surface area is 271 Å². The van der Waals surface area contributed by atoms with Gasteiger partial charge in [0, 0.05) is 64.6 Å². The van der Waals surface area contributed by atoms with E-state index in [0.29, 0.717) is 29.8 Å². The molecule has 0 radical (unpaired) electrons. The van der Waals surface area contributed by atoms with Crippen molar-refractivity contribution >= 4 is 29.1 Å².